The van der Waals surface area contributed by atoms with Crippen molar-refractivity contribution in [3.63, 3.8) is 0 Å². The van der Waals surface area contributed by atoms with Crippen LogP contribution in [0.4, 0.5) is 5.69 Å². The van der Waals surface area contributed by atoms with Gasteiger partial charge in [0, 0.05) is 37.4 Å². The minimum Gasteiger partial charge on any atom is -0.369 e. The van der Waals surface area contributed by atoms with Crippen molar-refractivity contribution in [3.8, 4) is 0 Å². The molecule has 0 spiro atoms. The van der Waals surface area contributed by atoms with Gasteiger partial charge in [0.05, 0.1) is 15.5 Å². The van der Waals surface area contributed by atoms with E-state index in [1.807, 2.05) is 51.1 Å². The standard InChI is InChI=1S/C21H26ClN3O3S/c1-21(2,3)23-20(26)18-15-17(9-10-19(18)22)29(27,28)25-13-11-24(12-14-25)16-7-5-4-6-8-16/h4-10,15H,11-14H2,1-3H3,(H,23,26). The van der Waals surface area contributed by atoms with Gasteiger partial charge < -0.3 is 10.2 Å². The van der Waals surface area contributed by atoms with Crippen molar-refractivity contribution in [2.75, 3.05) is 31.1 Å². The van der Waals surface area contributed by atoms with Gasteiger partial charge in [0.25, 0.3) is 5.91 Å². The van der Waals surface area contributed by atoms with E-state index in [9.17, 15) is 13.2 Å². The van der Waals surface area contributed by atoms with E-state index in [0.29, 0.717) is 26.2 Å². The minimum atomic E-state index is -3.72. The summed E-state index contributed by atoms with van der Waals surface area (Å²) >= 11 is 6.17. The first kappa shape index (κ1) is 21.6. The molecule has 8 heteroatoms. The highest BCUT2D eigenvalue weighted by atomic mass is 35.5. The second-order valence-corrected chi connectivity index (χ2v) is 10.4. The van der Waals surface area contributed by atoms with Gasteiger partial charge in [-0.3, -0.25) is 4.79 Å². The number of nitrogens with one attached hydrogen (secondary N) is 1. The lowest BCUT2D eigenvalue weighted by atomic mass is 10.1. The maximum atomic E-state index is 13.1. The summed E-state index contributed by atoms with van der Waals surface area (Å²) in [6.07, 6.45) is 0. The molecule has 1 N–H and O–H groups in total. The number of anilines is 1. The number of amides is 1. The predicted molar refractivity (Wildman–Crippen MR) is 116 cm³/mol. The van der Waals surface area contributed by atoms with Crippen molar-refractivity contribution >= 4 is 33.2 Å². The molecule has 1 aliphatic heterocycles. The number of hydrogen-bond donors (Lipinski definition) is 1. The first-order valence-electron chi connectivity index (χ1n) is 9.50. The Hall–Kier alpha value is -2.09. The number of rotatable bonds is 4. The summed E-state index contributed by atoms with van der Waals surface area (Å²) in [7, 11) is -3.72. The third kappa shape index (κ3) is 5.10. The van der Waals surface area contributed by atoms with Gasteiger partial charge >= 0.3 is 0 Å². The molecule has 2 aromatic carbocycles. The van der Waals surface area contributed by atoms with E-state index in [0.717, 1.165) is 5.69 Å². The van der Waals surface area contributed by atoms with Crippen LogP contribution in [-0.4, -0.2) is 50.3 Å². The van der Waals surface area contributed by atoms with E-state index in [1.165, 1.54) is 22.5 Å². The SMILES string of the molecule is CC(C)(C)NC(=O)c1cc(S(=O)(=O)N2CCN(c3ccccc3)CC2)ccc1Cl. The summed E-state index contributed by atoms with van der Waals surface area (Å²) in [5.74, 6) is -0.395. The molecule has 0 unspecified atom stereocenters. The lowest BCUT2D eigenvalue weighted by Crippen LogP contribution is -2.48. The molecule has 0 aliphatic carbocycles. The molecule has 0 atom stereocenters. The van der Waals surface area contributed by atoms with E-state index in [4.69, 9.17) is 11.6 Å². The highest BCUT2D eigenvalue weighted by Gasteiger charge is 2.30. The fourth-order valence-corrected chi connectivity index (χ4v) is 4.87. The molecule has 29 heavy (non-hydrogen) atoms. The summed E-state index contributed by atoms with van der Waals surface area (Å²) in [5.41, 5.74) is 0.783. The van der Waals surface area contributed by atoms with Crippen LogP contribution < -0.4 is 10.2 Å². The van der Waals surface area contributed by atoms with Gasteiger partial charge in [-0.25, -0.2) is 8.42 Å². The molecule has 0 bridgehead atoms. The van der Waals surface area contributed by atoms with Gasteiger partial charge in [-0.05, 0) is 51.1 Å². The Kier molecular flexibility index (Phi) is 6.22. The molecule has 1 saturated heterocycles. The Labute approximate surface area is 177 Å². The van der Waals surface area contributed by atoms with Crippen LogP contribution in [0, 0.1) is 0 Å². The van der Waals surface area contributed by atoms with Gasteiger partial charge in [-0.15, -0.1) is 0 Å². The van der Waals surface area contributed by atoms with Gasteiger partial charge in [-0.1, -0.05) is 29.8 Å². The van der Waals surface area contributed by atoms with Crippen molar-refractivity contribution in [2.24, 2.45) is 0 Å². The van der Waals surface area contributed by atoms with Crippen molar-refractivity contribution < 1.29 is 13.2 Å². The average molecular weight is 436 g/mol. The molecule has 0 radical (unpaired) electrons. The van der Waals surface area contributed by atoms with E-state index < -0.39 is 21.5 Å². The van der Waals surface area contributed by atoms with Crippen LogP contribution in [0.5, 0.6) is 0 Å². The summed E-state index contributed by atoms with van der Waals surface area (Å²) in [4.78, 5) is 14.8. The monoisotopic (exact) mass is 435 g/mol. The summed E-state index contributed by atoms with van der Waals surface area (Å²) < 4.78 is 27.7. The fraction of sp³-hybridized carbons (Fsp3) is 0.381. The zero-order valence-corrected chi connectivity index (χ0v) is 18.4. The van der Waals surface area contributed by atoms with E-state index in [1.54, 1.807) is 0 Å². The van der Waals surface area contributed by atoms with E-state index in [-0.39, 0.29) is 15.5 Å². The molecule has 3 rings (SSSR count). The van der Waals surface area contributed by atoms with Crippen LogP contribution in [0.25, 0.3) is 0 Å². The van der Waals surface area contributed by atoms with Crippen LogP contribution in [-0.2, 0) is 10.0 Å². The van der Waals surface area contributed by atoms with Crippen molar-refractivity contribution in [2.45, 2.75) is 31.2 Å². The third-order valence-electron chi connectivity index (χ3n) is 4.67. The molecule has 2 aromatic rings. The molecular formula is C21H26ClN3O3S. The Bertz CT molecular complexity index is 980. The Morgan fingerprint density at radius 3 is 2.21 bits per heavy atom. The second kappa shape index (κ2) is 8.34. The smallest absolute Gasteiger partial charge is 0.253 e. The maximum Gasteiger partial charge on any atom is 0.253 e. The number of sulfonamides is 1. The van der Waals surface area contributed by atoms with E-state index in [2.05, 4.69) is 10.2 Å². The van der Waals surface area contributed by atoms with Crippen molar-refractivity contribution in [1.29, 1.82) is 0 Å². The number of nitrogens with zero attached hydrogens (tertiary/aromatic N) is 2. The van der Waals surface area contributed by atoms with Crippen LogP contribution in [0.2, 0.25) is 5.02 Å². The highest BCUT2D eigenvalue weighted by molar-refractivity contribution is 7.89. The first-order valence-corrected chi connectivity index (χ1v) is 11.3. The maximum absolute atomic E-state index is 13.1. The number of halogens is 1. The summed E-state index contributed by atoms with van der Waals surface area (Å²) in [5, 5.41) is 3.04. The minimum absolute atomic E-state index is 0.0779. The molecule has 1 fully saturated rings. The first-order chi connectivity index (χ1) is 13.6. The zero-order valence-electron chi connectivity index (χ0n) is 16.9. The Morgan fingerprint density at radius 2 is 1.62 bits per heavy atom. The molecule has 0 aromatic heterocycles. The number of piperazine rings is 1. The van der Waals surface area contributed by atoms with Crippen LogP contribution in [0.3, 0.4) is 0 Å². The summed E-state index contributed by atoms with van der Waals surface area (Å²) in [6.45, 7) is 7.53. The lowest BCUT2D eigenvalue weighted by Gasteiger charge is -2.35. The topological polar surface area (TPSA) is 69.7 Å². The molecule has 1 aliphatic rings. The van der Waals surface area contributed by atoms with Crippen molar-refractivity contribution in [1.82, 2.24) is 9.62 Å². The second-order valence-electron chi connectivity index (χ2n) is 8.07. The predicted octanol–water partition coefficient (Wildman–Crippen LogP) is 3.38. The number of carbonyl (C=O) groups excluding carboxylic acids is 1. The normalized spacial score (nSPS) is 15.9. The lowest BCUT2D eigenvalue weighted by molar-refractivity contribution is 0.0919. The Morgan fingerprint density at radius 1 is 1.00 bits per heavy atom. The molecule has 1 amide bonds. The fourth-order valence-electron chi connectivity index (χ4n) is 3.22. The number of hydrogen-bond acceptors (Lipinski definition) is 4. The van der Waals surface area contributed by atoms with Gasteiger partial charge in [-0.2, -0.15) is 4.31 Å². The summed E-state index contributed by atoms with van der Waals surface area (Å²) in [6, 6.07) is 14.2. The van der Waals surface area contributed by atoms with Crippen molar-refractivity contribution in [3.05, 3.63) is 59.1 Å². The van der Waals surface area contributed by atoms with Gasteiger partial charge in [0.2, 0.25) is 10.0 Å². The molecule has 0 saturated carbocycles. The van der Waals surface area contributed by atoms with Gasteiger partial charge in [0.1, 0.15) is 0 Å². The average Bonchev–Trinajstić information content (AvgIpc) is 2.67. The van der Waals surface area contributed by atoms with Crippen LogP contribution in [0.15, 0.2) is 53.4 Å². The van der Waals surface area contributed by atoms with Gasteiger partial charge in [0.15, 0.2) is 0 Å². The highest BCUT2D eigenvalue weighted by Crippen LogP contribution is 2.25. The number of carbonyl (C=O) groups is 1. The Balaban J connectivity index is 1.78. The van der Waals surface area contributed by atoms with E-state index >= 15 is 0 Å². The number of benzene rings is 2. The quantitative estimate of drug-likeness (QED) is 0.799. The molecular weight excluding hydrogens is 410 g/mol. The van der Waals surface area contributed by atoms with Crippen LogP contribution >= 0.6 is 11.6 Å². The molecule has 156 valence electrons. The number of para-hydroxylation sites is 1. The molecule has 6 nitrogen and oxygen atoms in total. The third-order valence-corrected chi connectivity index (χ3v) is 6.89. The largest absolute Gasteiger partial charge is 0.369 e. The molecule has 1 heterocycles. The van der Waals surface area contributed by atoms with Crippen LogP contribution in [0.1, 0.15) is 31.1 Å². The zero-order chi connectivity index (χ0) is 21.2.